The van der Waals surface area contributed by atoms with Crippen molar-refractivity contribution in [3.63, 3.8) is 0 Å². The lowest BCUT2D eigenvalue weighted by atomic mass is 9.97. The summed E-state index contributed by atoms with van der Waals surface area (Å²) in [5, 5.41) is 4.20. The predicted octanol–water partition coefficient (Wildman–Crippen LogP) is 3.46. The van der Waals surface area contributed by atoms with Crippen LogP contribution in [0.25, 0.3) is 0 Å². The zero-order chi connectivity index (χ0) is 14.2. The Bertz CT molecular complexity index is 378. The highest BCUT2D eigenvalue weighted by molar-refractivity contribution is 6.30. The van der Waals surface area contributed by atoms with Crippen LogP contribution in [-0.2, 0) is 0 Å². The number of piperidine rings is 1. The van der Waals surface area contributed by atoms with E-state index in [1.807, 2.05) is 24.3 Å². The molecule has 0 atom stereocenters. The molecular weight excluding hydrogens is 307 g/mol. The molecule has 21 heavy (non-hydrogen) atoms. The van der Waals surface area contributed by atoms with Crippen LogP contribution >= 0.6 is 24.0 Å². The quantitative estimate of drug-likeness (QED) is 0.827. The highest BCUT2D eigenvalue weighted by atomic mass is 35.5. The fourth-order valence-corrected chi connectivity index (χ4v) is 2.71. The average molecular weight is 333 g/mol. The largest absolute Gasteiger partial charge is 0.492 e. The first kappa shape index (κ1) is 18.6. The third-order valence-corrected chi connectivity index (χ3v) is 4.13. The Hall–Kier alpha value is -0.480. The highest BCUT2D eigenvalue weighted by Gasteiger charge is 2.18. The van der Waals surface area contributed by atoms with Gasteiger partial charge < -0.3 is 10.1 Å². The zero-order valence-electron chi connectivity index (χ0n) is 12.7. The van der Waals surface area contributed by atoms with Gasteiger partial charge in [-0.05, 0) is 69.2 Å². The predicted molar refractivity (Wildman–Crippen MR) is 91.9 cm³/mol. The molecule has 0 bridgehead atoms. The molecule has 3 nitrogen and oxygen atoms in total. The molecule has 1 saturated heterocycles. The maximum absolute atomic E-state index is 5.85. The molecule has 1 aliphatic rings. The van der Waals surface area contributed by atoms with Crippen LogP contribution in [0.3, 0.4) is 0 Å². The van der Waals surface area contributed by atoms with Crippen molar-refractivity contribution in [3.05, 3.63) is 29.3 Å². The van der Waals surface area contributed by atoms with Gasteiger partial charge in [-0.1, -0.05) is 18.5 Å². The van der Waals surface area contributed by atoms with Crippen LogP contribution in [0.5, 0.6) is 5.75 Å². The Labute approximate surface area is 139 Å². The van der Waals surface area contributed by atoms with Crippen LogP contribution in [0.4, 0.5) is 0 Å². The molecule has 0 saturated carbocycles. The third kappa shape index (κ3) is 6.88. The minimum atomic E-state index is 0. The van der Waals surface area contributed by atoms with Gasteiger partial charge in [0.15, 0.2) is 0 Å². The van der Waals surface area contributed by atoms with Crippen LogP contribution < -0.4 is 10.1 Å². The van der Waals surface area contributed by atoms with Crippen molar-refractivity contribution in [1.82, 2.24) is 10.2 Å². The Morgan fingerprint density at radius 2 is 1.90 bits per heavy atom. The van der Waals surface area contributed by atoms with E-state index in [0.29, 0.717) is 0 Å². The van der Waals surface area contributed by atoms with Crippen LogP contribution in [-0.4, -0.2) is 44.2 Å². The molecule has 5 heteroatoms. The van der Waals surface area contributed by atoms with E-state index >= 15 is 0 Å². The van der Waals surface area contributed by atoms with Gasteiger partial charge in [0, 0.05) is 11.6 Å². The first-order valence-electron chi connectivity index (χ1n) is 7.59. The second-order valence-electron chi connectivity index (χ2n) is 5.40. The molecule has 1 heterocycles. The van der Waals surface area contributed by atoms with E-state index in [0.717, 1.165) is 36.4 Å². The summed E-state index contributed by atoms with van der Waals surface area (Å²) in [5.74, 6) is 1.75. The first-order valence-corrected chi connectivity index (χ1v) is 7.97. The van der Waals surface area contributed by atoms with E-state index in [-0.39, 0.29) is 12.4 Å². The number of nitrogens with zero attached hydrogens (tertiary/aromatic N) is 1. The van der Waals surface area contributed by atoms with Crippen LogP contribution in [0.2, 0.25) is 5.02 Å². The molecular formula is C16H26Cl2N2O. The summed E-state index contributed by atoms with van der Waals surface area (Å²) in [7, 11) is 0. The standard InChI is InChI=1S/C16H25ClN2O.ClH/c1-2-18-13-14-7-9-19(10-8-14)11-12-20-16-5-3-15(17)4-6-16;/h3-6,14,18H,2,7-13H2,1H3;1H. The Kier molecular flexibility index (Phi) is 9.09. The maximum atomic E-state index is 5.85. The second-order valence-corrected chi connectivity index (χ2v) is 5.83. The van der Waals surface area contributed by atoms with Gasteiger partial charge in [0.05, 0.1) is 0 Å². The minimum Gasteiger partial charge on any atom is -0.492 e. The summed E-state index contributed by atoms with van der Waals surface area (Å²) in [5.41, 5.74) is 0. The lowest BCUT2D eigenvalue weighted by molar-refractivity contribution is 0.154. The fourth-order valence-electron chi connectivity index (χ4n) is 2.59. The maximum Gasteiger partial charge on any atom is 0.119 e. The molecule has 0 radical (unpaired) electrons. The molecule has 2 rings (SSSR count). The number of ether oxygens (including phenoxy) is 1. The first-order chi connectivity index (χ1) is 9.78. The number of hydrogen-bond acceptors (Lipinski definition) is 3. The molecule has 1 N–H and O–H groups in total. The molecule has 1 fully saturated rings. The van der Waals surface area contributed by atoms with E-state index in [1.165, 1.54) is 32.5 Å². The van der Waals surface area contributed by atoms with Crippen molar-refractivity contribution >= 4 is 24.0 Å². The Balaban J connectivity index is 0.00000220. The number of halogens is 2. The van der Waals surface area contributed by atoms with E-state index in [1.54, 1.807) is 0 Å². The highest BCUT2D eigenvalue weighted by Crippen LogP contribution is 2.17. The number of likely N-dealkylation sites (tertiary alicyclic amines) is 1. The lowest BCUT2D eigenvalue weighted by Crippen LogP contribution is -2.39. The average Bonchev–Trinajstić information content (AvgIpc) is 2.48. The number of hydrogen-bond donors (Lipinski definition) is 1. The molecule has 0 spiro atoms. The zero-order valence-corrected chi connectivity index (χ0v) is 14.3. The number of rotatable bonds is 7. The molecule has 1 aliphatic heterocycles. The Morgan fingerprint density at radius 3 is 2.52 bits per heavy atom. The summed E-state index contributed by atoms with van der Waals surface area (Å²) >= 11 is 5.85. The van der Waals surface area contributed by atoms with E-state index in [9.17, 15) is 0 Å². The van der Waals surface area contributed by atoms with Crippen molar-refractivity contribution in [1.29, 1.82) is 0 Å². The molecule has 1 aromatic rings. The van der Waals surface area contributed by atoms with Crippen molar-refractivity contribution in [2.45, 2.75) is 19.8 Å². The van der Waals surface area contributed by atoms with Crippen LogP contribution in [0, 0.1) is 5.92 Å². The number of nitrogens with one attached hydrogen (secondary N) is 1. The summed E-state index contributed by atoms with van der Waals surface area (Å²) in [4.78, 5) is 2.50. The molecule has 0 aliphatic carbocycles. The lowest BCUT2D eigenvalue weighted by Gasteiger charge is -2.31. The number of benzene rings is 1. The topological polar surface area (TPSA) is 24.5 Å². The fraction of sp³-hybridized carbons (Fsp3) is 0.625. The van der Waals surface area contributed by atoms with Crippen LogP contribution in [0.15, 0.2) is 24.3 Å². The van der Waals surface area contributed by atoms with Gasteiger partial charge in [-0.15, -0.1) is 12.4 Å². The second kappa shape index (κ2) is 10.3. The van der Waals surface area contributed by atoms with E-state index < -0.39 is 0 Å². The summed E-state index contributed by atoms with van der Waals surface area (Å²) < 4.78 is 5.74. The molecule has 0 amide bonds. The minimum absolute atomic E-state index is 0. The van der Waals surface area contributed by atoms with E-state index in [2.05, 4.69) is 17.1 Å². The van der Waals surface area contributed by atoms with Gasteiger partial charge >= 0.3 is 0 Å². The van der Waals surface area contributed by atoms with Crippen molar-refractivity contribution in [2.75, 3.05) is 39.3 Å². The van der Waals surface area contributed by atoms with Crippen LogP contribution in [0.1, 0.15) is 19.8 Å². The summed E-state index contributed by atoms with van der Waals surface area (Å²) in [6, 6.07) is 7.57. The molecule has 120 valence electrons. The van der Waals surface area contributed by atoms with Gasteiger partial charge in [0.25, 0.3) is 0 Å². The Morgan fingerprint density at radius 1 is 1.24 bits per heavy atom. The summed E-state index contributed by atoms with van der Waals surface area (Å²) in [6.07, 6.45) is 2.60. The monoisotopic (exact) mass is 332 g/mol. The molecule has 1 aromatic carbocycles. The summed E-state index contributed by atoms with van der Waals surface area (Å²) in [6.45, 7) is 8.57. The SMILES string of the molecule is CCNCC1CCN(CCOc2ccc(Cl)cc2)CC1.Cl. The molecule has 0 aromatic heterocycles. The normalized spacial score (nSPS) is 16.5. The van der Waals surface area contributed by atoms with Gasteiger partial charge in [-0.2, -0.15) is 0 Å². The van der Waals surface area contributed by atoms with E-state index in [4.69, 9.17) is 16.3 Å². The van der Waals surface area contributed by atoms with Crippen molar-refractivity contribution in [2.24, 2.45) is 5.92 Å². The van der Waals surface area contributed by atoms with Crippen molar-refractivity contribution in [3.8, 4) is 5.75 Å². The van der Waals surface area contributed by atoms with Gasteiger partial charge in [0.2, 0.25) is 0 Å². The third-order valence-electron chi connectivity index (χ3n) is 3.88. The van der Waals surface area contributed by atoms with Gasteiger partial charge in [0.1, 0.15) is 12.4 Å². The van der Waals surface area contributed by atoms with Crippen molar-refractivity contribution < 1.29 is 4.74 Å². The smallest absolute Gasteiger partial charge is 0.119 e. The van der Waals surface area contributed by atoms with Gasteiger partial charge in [-0.25, -0.2) is 0 Å². The molecule has 0 unspecified atom stereocenters. The van der Waals surface area contributed by atoms with Gasteiger partial charge in [-0.3, -0.25) is 4.90 Å².